The summed E-state index contributed by atoms with van der Waals surface area (Å²) in [4.78, 5) is 0. The van der Waals surface area contributed by atoms with Crippen molar-refractivity contribution in [2.24, 2.45) is 0 Å². The normalized spacial score (nSPS) is 11.0. The van der Waals surface area contributed by atoms with Crippen molar-refractivity contribution >= 4 is 0 Å². The van der Waals surface area contributed by atoms with Crippen molar-refractivity contribution in [3.8, 4) is 0 Å². The third-order valence-electron chi connectivity index (χ3n) is 2.93. The molecule has 4 nitrogen and oxygen atoms in total. The van der Waals surface area contributed by atoms with Crippen molar-refractivity contribution < 1.29 is 0 Å². The Morgan fingerprint density at radius 3 is 2.50 bits per heavy atom. The molecular weight excluding hydrogens is 200 g/mol. The fourth-order valence-corrected chi connectivity index (χ4v) is 1.96. The third kappa shape index (κ3) is 3.32. The maximum Gasteiger partial charge on any atom is 0.0628 e. The summed E-state index contributed by atoms with van der Waals surface area (Å²) in [6.45, 7) is 10.4. The summed E-state index contributed by atoms with van der Waals surface area (Å²) in [6, 6.07) is 0. The molecule has 16 heavy (non-hydrogen) atoms. The molecule has 2 N–H and O–H groups in total. The average molecular weight is 224 g/mol. The Balaban J connectivity index is 2.44. The standard InChI is InChI=1S/C12H24N4/c1-5-16-11(3)12(10(2)15-16)6-7-14-9-8-13-4/h13-14H,5-9H2,1-4H3. The van der Waals surface area contributed by atoms with E-state index in [4.69, 9.17) is 0 Å². The molecule has 0 aliphatic carbocycles. The van der Waals surface area contributed by atoms with Crippen LogP contribution in [-0.2, 0) is 13.0 Å². The lowest BCUT2D eigenvalue weighted by Crippen LogP contribution is -2.26. The van der Waals surface area contributed by atoms with Crippen LogP contribution in [0.5, 0.6) is 0 Å². The smallest absolute Gasteiger partial charge is 0.0628 e. The van der Waals surface area contributed by atoms with Gasteiger partial charge >= 0.3 is 0 Å². The van der Waals surface area contributed by atoms with Crippen LogP contribution < -0.4 is 10.6 Å². The van der Waals surface area contributed by atoms with Gasteiger partial charge in [-0.2, -0.15) is 5.10 Å². The third-order valence-corrected chi connectivity index (χ3v) is 2.93. The van der Waals surface area contributed by atoms with Crippen molar-refractivity contribution in [3.05, 3.63) is 17.0 Å². The van der Waals surface area contributed by atoms with E-state index in [-0.39, 0.29) is 0 Å². The molecule has 0 aliphatic heterocycles. The summed E-state index contributed by atoms with van der Waals surface area (Å²) in [5.41, 5.74) is 3.89. The van der Waals surface area contributed by atoms with E-state index in [9.17, 15) is 0 Å². The van der Waals surface area contributed by atoms with Crippen LogP contribution in [0.4, 0.5) is 0 Å². The summed E-state index contributed by atoms with van der Waals surface area (Å²) in [5.74, 6) is 0. The molecule has 1 aromatic heterocycles. The fourth-order valence-electron chi connectivity index (χ4n) is 1.96. The summed E-state index contributed by atoms with van der Waals surface area (Å²) in [6.07, 6.45) is 1.07. The molecule has 0 saturated heterocycles. The topological polar surface area (TPSA) is 41.9 Å². The summed E-state index contributed by atoms with van der Waals surface area (Å²) in [7, 11) is 1.97. The molecule has 0 unspecified atom stereocenters. The lowest BCUT2D eigenvalue weighted by Gasteiger charge is -2.05. The molecule has 1 aromatic rings. The highest BCUT2D eigenvalue weighted by atomic mass is 15.3. The van der Waals surface area contributed by atoms with E-state index in [1.807, 2.05) is 7.05 Å². The molecule has 0 aromatic carbocycles. The lowest BCUT2D eigenvalue weighted by atomic mass is 10.1. The van der Waals surface area contributed by atoms with Gasteiger partial charge in [0.05, 0.1) is 5.69 Å². The van der Waals surface area contributed by atoms with Gasteiger partial charge in [-0.25, -0.2) is 0 Å². The van der Waals surface area contributed by atoms with Crippen molar-refractivity contribution in [2.75, 3.05) is 26.7 Å². The zero-order valence-electron chi connectivity index (χ0n) is 10.9. The van der Waals surface area contributed by atoms with Gasteiger partial charge in [-0.3, -0.25) is 4.68 Å². The first-order valence-corrected chi connectivity index (χ1v) is 6.08. The van der Waals surface area contributed by atoms with Crippen molar-refractivity contribution in [1.29, 1.82) is 0 Å². The van der Waals surface area contributed by atoms with Gasteiger partial charge in [0.25, 0.3) is 0 Å². The van der Waals surface area contributed by atoms with Crippen LogP contribution in [-0.4, -0.2) is 36.5 Å². The summed E-state index contributed by atoms with van der Waals surface area (Å²) < 4.78 is 2.08. The molecular formula is C12H24N4. The predicted octanol–water partition coefficient (Wildman–Crippen LogP) is 0.871. The number of aryl methyl sites for hydroxylation is 2. The number of rotatable bonds is 7. The molecule has 92 valence electrons. The van der Waals surface area contributed by atoms with Gasteiger partial charge in [-0.1, -0.05) is 0 Å². The fraction of sp³-hybridized carbons (Fsp3) is 0.750. The maximum absolute atomic E-state index is 4.52. The average Bonchev–Trinajstić information content (AvgIpc) is 2.55. The minimum Gasteiger partial charge on any atom is -0.318 e. The number of nitrogens with zero attached hydrogens (tertiary/aromatic N) is 2. The monoisotopic (exact) mass is 224 g/mol. The molecule has 0 radical (unpaired) electrons. The molecule has 1 heterocycles. The highest BCUT2D eigenvalue weighted by molar-refractivity contribution is 5.24. The highest BCUT2D eigenvalue weighted by Gasteiger charge is 2.09. The van der Waals surface area contributed by atoms with Crippen LogP contribution in [0.2, 0.25) is 0 Å². The van der Waals surface area contributed by atoms with Crippen molar-refractivity contribution in [2.45, 2.75) is 33.7 Å². The van der Waals surface area contributed by atoms with Gasteiger partial charge in [0.2, 0.25) is 0 Å². The van der Waals surface area contributed by atoms with Crippen LogP contribution >= 0.6 is 0 Å². The number of likely N-dealkylation sites (N-methyl/N-ethyl adjacent to an activating group) is 1. The Bertz CT molecular complexity index is 317. The van der Waals surface area contributed by atoms with E-state index < -0.39 is 0 Å². The van der Waals surface area contributed by atoms with Gasteiger partial charge in [0.1, 0.15) is 0 Å². The Hall–Kier alpha value is -0.870. The maximum atomic E-state index is 4.52. The van der Waals surface area contributed by atoms with E-state index in [1.54, 1.807) is 0 Å². The Kier molecular flexibility index (Phi) is 5.49. The van der Waals surface area contributed by atoms with Gasteiger partial charge in [-0.15, -0.1) is 0 Å². The quantitative estimate of drug-likeness (QED) is 0.675. The molecule has 0 aliphatic rings. The number of hydrogen-bond acceptors (Lipinski definition) is 3. The first-order chi connectivity index (χ1) is 7.70. The first-order valence-electron chi connectivity index (χ1n) is 6.08. The minimum atomic E-state index is 0.958. The summed E-state index contributed by atoms with van der Waals surface area (Å²) >= 11 is 0. The van der Waals surface area contributed by atoms with E-state index in [0.29, 0.717) is 0 Å². The van der Waals surface area contributed by atoms with Gasteiger partial charge in [-0.05, 0) is 46.3 Å². The second-order valence-electron chi connectivity index (χ2n) is 4.07. The molecule has 0 fully saturated rings. The van der Waals surface area contributed by atoms with Crippen LogP contribution in [0.15, 0.2) is 0 Å². The molecule has 0 amide bonds. The Morgan fingerprint density at radius 1 is 1.19 bits per heavy atom. The van der Waals surface area contributed by atoms with E-state index in [1.165, 1.54) is 17.0 Å². The van der Waals surface area contributed by atoms with Crippen LogP contribution in [0.3, 0.4) is 0 Å². The van der Waals surface area contributed by atoms with E-state index >= 15 is 0 Å². The molecule has 0 bridgehead atoms. The SMILES string of the molecule is CCn1nc(C)c(CCNCCNC)c1C. The minimum absolute atomic E-state index is 0.958. The number of hydrogen-bond donors (Lipinski definition) is 2. The summed E-state index contributed by atoms with van der Waals surface area (Å²) in [5, 5.41) is 11.1. The highest BCUT2D eigenvalue weighted by Crippen LogP contribution is 2.12. The Labute approximate surface area is 98.4 Å². The lowest BCUT2D eigenvalue weighted by molar-refractivity contribution is 0.630. The number of nitrogens with one attached hydrogen (secondary N) is 2. The van der Waals surface area contributed by atoms with Crippen LogP contribution in [0.25, 0.3) is 0 Å². The molecule has 4 heteroatoms. The molecule has 1 rings (SSSR count). The zero-order chi connectivity index (χ0) is 12.0. The van der Waals surface area contributed by atoms with Crippen LogP contribution in [0, 0.1) is 13.8 Å². The Morgan fingerprint density at radius 2 is 1.94 bits per heavy atom. The second-order valence-corrected chi connectivity index (χ2v) is 4.07. The molecule has 0 saturated carbocycles. The molecule has 0 atom stereocenters. The first kappa shape index (κ1) is 13.2. The van der Waals surface area contributed by atoms with E-state index in [0.717, 1.165) is 32.6 Å². The van der Waals surface area contributed by atoms with Gasteiger partial charge in [0.15, 0.2) is 0 Å². The second kappa shape index (κ2) is 6.66. The van der Waals surface area contributed by atoms with Gasteiger partial charge in [0, 0.05) is 25.3 Å². The van der Waals surface area contributed by atoms with Gasteiger partial charge < -0.3 is 10.6 Å². The van der Waals surface area contributed by atoms with Crippen molar-refractivity contribution in [3.63, 3.8) is 0 Å². The van der Waals surface area contributed by atoms with Crippen LogP contribution in [0.1, 0.15) is 23.9 Å². The number of aromatic nitrogens is 2. The zero-order valence-corrected chi connectivity index (χ0v) is 10.9. The predicted molar refractivity (Wildman–Crippen MR) is 67.9 cm³/mol. The molecule has 0 spiro atoms. The largest absolute Gasteiger partial charge is 0.318 e. The van der Waals surface area contributed by atoms with Crippen molar-refractivity contribution in [1.82, 2.24) is 20.4 Å². The van der Waals surface area contributed by atoms with E-state index in [2.05, 4.69) is 41.2 Å².